The fraction of sp³-hybridized carbons (Fsp3) is 0.154. The van der Waals surface area contributed by atoms with Crippen LogP contribution < -0.4 is 0 Å². The van der Waals surface area contributed by atoms with Crippen molar-refractivity contribution >= 4 is 21.8 Å². The Hall–Kier alpha value is -3.06. The molecule has 0 bridgehead atoms. The van der Waals surface area contributed by atoms with Gasteiger partial charge in [-0.15, -0.1) is 13.2 Å². The van der Waals surface area contributed by atoms with Crippen LogP contribution in [-0.4, -0.2) is 4.57 Å². The van der Waals surface area contributed by atoms with Gasteiger partial charge in [-0.05, 0) is 72.4 Å². The summed E-state index contributed by atoms with van der Waals surface area (Å²) in [6, 6.07) is 22.5. The van der Waals surface area contributed by atoms with Gasteiger partial charge in [0.05, 0.1) is 11.0 Å². The van der Waals surface area contributed by atoms with Crippen molar-refractivity contribution in [2.24, 2.45) is 0 Å². The molecular weight excluding hydrogens is 326 g/mol. The molecule has 0 aliphatic rings. The molecule has 134 valence electrons. The topological polar surface area (TPSA) is 4.93 Å². The molecule has 1 heterocycles. The van der Waals surface area contributed by atoms with Crippen molar-refractivity contribution < 1.29 is 0 Å². The van der Waals surface area contributed by atoms with E-state index in [4.69, 9.17) is 0 Å². The van der Waals surface area contributed by atoms with E-state index in [9.17, 15) is 0 Å². The Morgan fingerprint density at radius 3 is 1.63 bits per heavy atom. The Bertz CT molecular complexity index is 1060. The Labute approximate surface area is 161 Å². The number of nitrogens with zero attached hydrogens (tertiary/aromatic N) is 1. The van der Waals surface area contributed by atoms with E-state index >= 15 is 0 Å². The normalized spacial score (nSPS) is 11.1. The Kier molecular flexibility index (Phi) is 4.68. The predicted molar refractivity (Wildman–Crippen MR) is 118 cm³/mol. The van der Waals surface area contributed by atoms with Gasteiger partial charge in [0.15, 0.2) is 0 Å². The van der Waals surface area contributed by atoms with Crippen molar-refractivity contribution in [3.05, 3.63) is 103 Å². The third-order valence-corrected chi connectivity index (χ3v) is 5.26. The van der Waals surface area contributed by atoms with Gasteiger partial charge in [-0.25, -0.2) is 0 Å². The SMILES string of the molecule is C=CCc1ccc2c(c1)c1cc(CC=C)ccc1n2-c1ccc(CC)cc1. The highest BCUT2D eigenvalue weighted by Gasteiger charge is 2.13. The number of allylic oxidation sites excluding steroid dienone is 2. The molecule has 0 aliphatic carbocycles. The summed E-state index contributed by atoms with van der Waals surface area (Å²) in [4.78, 5) is 0. The highest BCUT2D eigenvalue weighted by Crippen LogP contribution is 2.33. The predicted octanol–water partition coefficient (Wildman–Crippen LogP) is 6.80. The second kappa shape index (κ2) is 7.28. The van der Waals surface area contributed by atoms with Crippen molar-refractivity contribution in [2.75, 3.05) is 0 Å². The van der Waals surface area contributed by atoms with Crippen molar-refractivity contribution in [3.63, 3.8) is 0 Å². The van der Waals surface area contributed by atoms with Crippen molar-refractivity contribution in [1.82, 2.24) is 4.57 Å². The molecule has 3 aromatic carbocycles. The maximum absolute atomic E-state index is 3.89. The Balaban J connectivity index is 2.02. The highest BCUT2D eigenvalue weighted by molar-refractivity contribution is 6.09. The van der Waals surface area contributed by atoms with E-state index in [1.807, 2.05) is 12.2 Å². The number of fused-ring (bicyclic) bond motifs is 3. The minimum atomic E-state index is 0.889. The lowest BCUT2D eigenvalue weighted by molar-refractivity contribution is 1.12. The lowest BCUT2D eigenvalue weighted by atomic mass is 10.0. The summed E-state index contributed by atoms with van der Waals surface area (Å²) in [6.45, 7) is 9.97. The minimum absolute atomic E-state index is 0.889. The first-order valence-corrected chi connectivity index (χ1v) is 9.62. The number of aryl methyl sites for hydroxylation is 1. The second-order valence-electron chi connectivity index (χ2n) is 7.04. The summed E-state index contributed by atoms with van der Waals surface area (Å²) in [7, 11) is 0. The molecule has 0 spiro atoms. The molecule has 0 fully saturated rings. The second-order valence-corrected chi connectivity index (χ2v) is 7.04. The fourth-order valence-corrected chi connectivity index (χ4v) is 3.86. The molecule has 4 aromatic rings. The average Bonchev–Trinajstić information content (AvgIpc) is 3.02. The van der Waals surface area contributed by atoms with Crippen LogP contribution in [-0.2, 0) is 19.3 Å². The van der Waals surface area contributed by atoms with Gasteiger partial charge in [-0.1, -0.05) is 43.3 Å². The molecule has 0 aliphatic heterocycles. The van der Waals surface area contributed by atoms with E-state index < -0.39 is 0 Å². The number of benzene rings is 3. The van der Waals surface area contributed by atoms with Crippen LogP contribution in [0.15, 0.2) is 86.0 Å². The summed E-state index contributed by atoms with van der Waals surface area (Å²) in [5, 5.41) is 2.60. The summed E-state index contributed by atoms with van der Waals surface area (Å²) < 4.78 is 2.37. The van der Waals surface area contributed by atoms with E-state index in [-0.39, 0.29) is 0 Å². The van der Waals surface area contributed by atoms with Gasteiger partial charge in [-0.2, -0.15) is 0 Å². The van der Waals surface area contributed by atoms with E-state index in [2.05, 4.69) is 85.3 Å². The molecule has 4 rings (SSSR count). The van der Waals surface area contributed by atoms with E-state index in [1.165, 1.54) is 44.2 Å². The van der Waals surface area contributed by atoms with Crippen LogP contribution in [0.25, 0.3) is 27.5 Å². The quantitative estimate of drug-likeness (QED) is 0.337. The van der Waals surface area contributed by atoms with Gasteiger partial charge >= 0.3 is 0 Å². The van der Waals surface area contributed by atoms with Gasteiger partial charge in [-0.3, -0.25) is 0 Å². The largest absolute Gasteiger partial charge is 0.309 e. The zero-order valence-electron chi connectivity index (χ0n) is 15.9. The summed E-state index contributed by atoms with van der Waals surface area (Å²) in [5.41, 5.74) is 7.66. The van der Waals surface area contributed by atoms with Crippen molar-refractivity contribution in [1.29, 1.82) is 0 Å². The van der Waals surface area contributed by atoms with E-state index in [1.54, 1.807) is 0 Å². The third-order valence-electron chi connectivity index (χ3n) is 5.26. The van der Waals surface area contributed by atoms with Gasteiger partial charge in [0.2, 0.25) is 0 Å². The maximum atomic E-state index is 3.89. The monoisotopic (exact) mass is 351 g/mol. The molecule has 1 heteroatoms. The van der Waals surface area contributed by atoms with Crippen LogP contribution in [0.3, 0.4) is 0 Å². The minimum Gasteiger partial charge on any atom is -0.309 e. The van der Waals surface area contributed by atoms with Crippen LogP contribution in [0, 0.1) is 0 Å². The summed E-state index contributed by atoms with van der Waals surface area (Å²) >= 11 is 0. The van der Waals surface area contributed by atoms with Gasteiger partial charge < -0.3 is 4.57 Å². The third kappa shape index (κ3) is 3.10. The number of hydrogen-bond donors (Lipinski definition) is 0. The molecular formula is C26H25N. The first-order valence-electron chi connectivity index (χ1n) is 9.62. The molecule has 0 N–H and O–H groups in total. The van der Waals surface area contributed by atoms with Gasteiger partial charge in [0, 0.05) is 16.5 Å². The Morgan fingerprint density at radius 1 is 0.704 bits per heavy atom. The summed E-state index contributed by atoms with van der Waals surface area (Å²) in [5.74, 6) is 0. The van der Waals surface area contributed by atoms with Crippen LogP contribution in [0.1, 0.15) is 23.6 Å². The molecule has 0 amide bonds. The van der Waals surface area contributed by atoms with Crippen LogP contribution >= 0.6 is 0 Å². The smallest absolute Gasteiger partial charge is 0.0541 e. The van der Waals surface area contributed by atoms with Crippen molar-refractivity contribution in [2.45, 2.75) is 26.2 Å². The number of rotatable bonds is 6. The van der Waals surface area contributed by atoms with Crippen LogP contribution in [0.2, 0.25) is 0 Å². The van der Waals surface area contributed by atoms with Crippen LogP contribution in [0.4, 0.5) is 0 Å². The molecule has 0 radical (unpaired) electrons. The molecule has 0 unspecified atom stereocenters. The van der Waals surface area contributed by atoms with Gasteiger partial charge in [0.25, 0.3) is 0 Å². The molecule has 0 saturated carbocycles. The fourth-order valence-electron chi connectivity index (χ4n) is 3.86. The summed E-state index contributed by atoms with van der Waals surface area (Å²) in [6.07, 6.45) is 6.77. The first kappa shape index (κ1) is 17.4. The first-order chi connectivity index (χ1) is 13.2. The maximum Gasteiger partial charge on any atom is 0.0541 e. The zero-order valence-corrected chi connectivity index (χ0v) is 15.9. The molecule has 0 saturated heterocycles. The average molecular weight is 351 g/mol. The highest BCUT2D eigenvalue weighted by atomic mass is 15.0. The Morgan fingerprint density at radius 2 is 1.19 bits per heavy atom. The number of hydrogen-bond acceptors (Lipinski definition) is 0. The zero-order chi connectivity index (χ0) is 18.8. The molecule has 1 aromatic heterocycles. The number of aromatic nitrogens is 1. The molecule has 27 heavy (non-hydrogen) atoms. The van der Waals surface area contributed by atoms with E-state index in [0.717, 1.165) is 19.3 Å². The molecule has 1 nitrogen and oxygen atoms in total. The van der Waals surface area contributed by atoms with Crippen molar-refractivity contribution in [3.8, 4) is 5.69 Å². The van der Waals surface area contributed by atoms with Gasteiger partial charge in [0.1, 0.15) is 0 Å². The van der Waals surface area contributed by atoms with Crippen LogP contribution in [0.5, 0.6) is 0 Å². The standard InChI is InChI=1S/C26H25N/c1-4-7-20-11-15-25-23(17-20)24-18-21(8-5-2)12-16-26(24)27(25)22-13-9-19(6-3)10-14-22/h4-5,9-18H,1-2,6-8H2,3H3. The lowest BCUT2D eigenvalue weighted by Gasteiger charge is -2.09. The van der Waals surface area contributed by atoms with E-state index in [0.29, 0.717) is 0 Å². The lowest BCUT2D eigenvalue weighted by Crippen LogP contribution is -1.94. The molecule has 0 atom stereocenters.